The molecule has 1 saturated heterocycles. The summed E-state index contributed by atoms with van der Waals surface area (Å²) >= 11 is 0. The van der Waals surface area contributed by atoms with Gasteiger partial charge in [0.15, 0.2) is 6.61 Å². The third kappa shape index (κ3) is 3.28. The molecule has 1 aromatic heterocycles. The van der Waals surface area contributed by atoms with E-state index in [1.165, 1.54) is 0 Å². The second-order valence-electron chi connectivity index (χ2n) is 6.32. The van der Waals surface area contributed by atoms with Crippen LogP contribution in [-0.2, 0) is 4.79 Å². The highest BCUT2D eigenvalue weighted by Crippen LogP contribution is 2.30. The van der Waals surface area contributed by atoms with E-state index in [1.54, 1.807) is 13.0 Å². The highest BCUT2D eigenvalue weighted by atomic mass is 16.5. The van der Waals surface area contributed by atoms with Gasteiger partial charge >= 0.3 is 5.63 Å². The van der Waals surface area contributed by atoms with Crippen molar-refractivity contribution < 1.29 is 13.9 Å². The van der Waals surface area contributed by atoms with Crippen molar-refractivity contribution in [2.24, 2.45) is 0 Å². The fourth-order valence-electron chi connectivity index (χ4n) is 2.99. The van der Waals surface area contributed by atoms with E-state index in [9.17, 15) is 9.59 Å². The zero-order valence-electron chi connectivity index (χ0n) is 14.2. The molecule has 0 unspecified atom stereocenters. The van der Waals surface area contributed by atoms with Gasteiger partial charge in [-0.2, -0.15) is 0 Å². The van der Waals surface area contributed by atoms with Crippen molar-refractivity contribution in [2.75, 3.05) is 19.7 Å². The Hall–Kier alpha value is -2.34. The van der Waals surface area contributed by atoms with Gasteiger partial charge in [0, 0.05) is 18.2 Å². The number of hydrogen-bond donors (Lipinski definition) is 2. The maximum Gasteiger partial charge on any atom is 0.339 e. The summed E-state index contributed by atoms with van der Waals surface area (Å²) in [6, 6.07) is 3.83. The van der Waals surface area contributed by atoms with Crippen molar-refractivity contribution in [1.29, 1.82) is 0 Å². The maximum absolute atomic E-state index is 12.1. The standard InChI is InChI=1S/C18H22N2O4/c1-10-6-14(23-9-16(21)20-13-4-5-19-8-13)17-11(2)12(3)18(22)24-15(17)7-10/h6-7,13,19H,4-5,8-9H2,1-3H3,(H,20,21)/t13-/m0/s1. The van der Waals surface area contributed by atoms with Crippen molar-refractivity contribution in [3.05, 3.63) is 39.2 Å². The van der Waals surface area contributed by atoms with Crippen LogP contribution in [-0.4, -0.2) is 31.6 Å². The number of hydrogen-bond acceptors (Lipinski definition) is 5. The van der Waals surface area contributed by atoms with Crippen LogP contribution in [0.1, 0.15) is 23.1 Å². The first-order chi connectivity index (χ1) is 11.5. The third-order valence-corrected chi connectivity index (χ3v) is 4.44. The van der Waals surface area contributed by atoms with Crippen molar-refractivity contribution >= 4 is 16.9 Å². The van der Waals surface area contributed by atoms with Crippen LogP contribution < -0.4 is 21.0 Å². The largest absolute Gasteiger partial charge is 0.483 e. The average molecular weight is 330 g/mol. The molecule has 6 nitrogen and oxygen atoms in total. The maximum atomic E-state index is 12.1. The van der Waals surface area contributed by atoms with E-state index in [-0.39, 0.29) is 24.2 Å². The lowest BCUT2D eigenvalue weighted by atomic mass is 10.0. The minimum absolute atomic E-state index is 0.0628. The molecule has 0 saturated carbocycles. The van der Waals surface area contributed by atoms with Gasteiger partial charge in [-0.1, -0.05) is 0 Å². The zero-order chi connectivity index (χ0) is 17.3. The highest BCUT2D eigenvalue weighted by molar-refractivity contribution is 5.88. The number of nitrogens with one attached hydrogen (secondary N) is 2. The number of aryl methyl sites for hydroxylation is 2. The summed E-state index contributed by atoms with van der Waals surface area (Å²) in [7, 11) is 0. The van der Waals surface area contributed by atoms with Crippen LogP contribution in [0.4, 0.5) is 0 Å². The first-order valence-electron chi connectivity index (χ1n) is 8.13. The number of benzene rings is 1. The minimum Gasteiger partial charge on any atom is -0.483 e. The predicted molar refractivity (Wildman–Crippen MR) is 91.6 cm³/mol. The van der Waals surface area contributed by atoms with Gasteiger partial charge in [0.1, 0.15) is 11.3 Å². The molecule has 128 valence electrons. The molecule has 0 radical (unpaired) electrons. The van der Waals surface area contributed by atoms with Gasteiger partial charge in [-0.15, -0.1) is 0 Å². The molecule has 1 aliphatic heterocycles. The van der Waals surface area contributed by atoms with E-state index in [1.807, 2.05) is 19.9 Å². The summed E-state index contributed by atoms with van der Waals surface area (Å²) in [5.74, 6) is 0.416. The Kier molecular flexibility index (Phi) is 4.57. The number of rotatable bonds is 4. The molecular formula is C18H22N2O4. The van der Waals surface area contributed by atoms with E-state index in [4.69, 9.17) is 9.15 Å². The van der Waals surface area contributed by atoms with E-state index in [0.717, 1.165) is 36.0 Å². The molecule has 24 heavy (non-hydrogen) atoms. The van der Waals surface area contributed by atoms with Crippen molar-refractivity contribution in [3.63, 3.8) is 0 Å². The molecule has 2 heterocycles. The lowest BCUT2D eigenvalue weighted by Crippen LogP contribution is -2.39. The van der Waals surface area contributed by atoms with Crippen LogP contribution in [0.25, 0.3) is 11.0 Å². The average Bonchev–Trinajstić information content (AvgIpc) is 3.03. The SMILES string of the molecule is Cc1cc(OCC(=O)N[C@H]2CCNC2)c2c(C)c(C)c(=O)oc2c1. The molecule has 6 heteroatoms. The fourth-order valence-corrected chi connectivity index (χ4v) is 2.99. The first-order valence-corrected chi connectivity index (χ1v) is 8.13. The number of amides is 1. The normalized spacial score (nSPS) is 17.2. The minimum atomic E-state index is -0.344. The van der Waals surface area contributed by atoms with Gasteiger partial charge in [0.05, 0.1) is 5.39 Å². The lowest BCUT2D eigenvalue weighted by Gasteiger charge is -2.14. The summed E-state index contributed by atoms with van der Waals surface area (Å²) < 4.78 is 11.1. The van der Waals surface area contributed by atoms with Crippen LogP contribution >= 0.6 is 0 Å². The van der Waals surface area contributed by atoms with Gasteiger partial charge in [-0.05, 0) is 57.0 Å². The van der Waals surface area contributed by atoms with Crippen LogP contribution in [0.3, 0.4) is 0 Å². The summed E-state index contributed by atoms with van der Waals surface area (Å²) in [5, 5.41) is 6.90. The Bertz CT molecular complexity index is 835. The Morgan fingerprint density at radius 3 is 2.83 bits per heavy atom. The predicted octanol–water partition coefficient (Wildman–Crippen LogP) is 1.58. The molecule has 1 aliphatic rings. The van der Waals surface area contributed by atoms with Crippen LogP contribution in [0.15, 0.2) is 21.3 Å². The topological polar surface area (TPSA) is 80.6 Å². The molecule has 3 rings (SSSR count). The van der Waals surface area contributed by atoms with E-state index in [2.05, 4.69) is 10.6 Å². The van der Waals surface area contributed by atoms with Gasteiger partial charge in [-0.3, -0.25) is 4.79 Å². The number of ether oxygens (including phenoxy) is 1. The summed E-state index contributed by atoms with van der Waals surface area (Å²) in [4.78, 5) is 23.9. The Morgan fingerprint density at radius 2 is 2.12 bits per heavy atom. The van der Waals surface area contributed by atoms with Crippen LogP contribution in [0.2, 0.25) is 0 Å². The monoisotopic (exact) mass is 330 g/mol. The lowest BCUT2D eigenvalue weighted by molar-refractivity contribution is -0.123. The first kappa shape index (κ1) is 16.5. The second kappa shape index (κ2) is 6.65. The van der Waals surface area contributed by atoms with E-state index < -0.39 is 0 Å². The summed E-state index contributed by atoms with van der Waals surface area (Å²) in [6.07, 6.45) is 0.933. The molecule has 2 aromatic rings. The van der Waals surface area contributed by atoms with Crippen LogP contribution in [0.5, 0.6) is 5.75 Å². The second-order valence-corrected chi connectivity index (χ2v) is 6.32. The van der Waals surface area contributed by atoms with Gasteiger partial charge < -0.3 is 19.8 Å². The zero-order valence-corrected chi connectivity index (χ0v) is 14.2. The van der Waals surface area contributed by atoms with E-state index >= 15 is 0 Å². The van der Waals surface area contributed by atoms with Gasteiger partial charge in [0.2, 0.25) is 0 Å². The van der Waals surface area contributed by atoms with E-state index in [0.29, 0.717) is 16.9 Å². The smallest absolute Gasteiger partial charge is 0.339 e. The van der Waals surface area contributed by atoms with Gasteiger partial charge in [-0.25, -0.2) is 4.79 Å². The Labute approximate surface area is 140 Å². The molecule has 1 atom stereocenters. The fraction of sp³-hybridized carbons (Fsp3) is 0.444. The van der Waals surface area contributed by atoms with Crippen molar-refractivity contribution in [2.45, 2.75) is 33.2 Å². The molecule has 0 spiro atoms. The summed E-state index contributed by atoms with van der Waals surface area (Å²) in [6.45, 7) is 7.14. The number of fused-ring (bicyclic) bond motifs is 1. The Balaban J connectivity index is 1.84. The molecule has 0 bridgehead atoms. The molecule has 0 aliphatic carbocycles. The molecule has 1 aromatic carbocycles. The van der Waals surface area contributed by atoms with Gasteiger partial charge in [0.25, 0.3) is 5.91 Å². The van der Waals surface area contributed by atoms with Crippen molar-refractivity contribution in [3.8, 4) is 5.75 Å². The Morgan fingerprint density at radius 1 is 1.33 bits per heavy atom. The number of carbonyl (C=O) groups is 1. The van der Waals surface area contributed by atoms with Crippen LogP contribution in [0, 0.1) is 20.8 Å². The third-order valence-electron chi connectivity index (χ3n) is 4.44. The molecule has 1 fully saturated rings. The quantitative estimate of drug-likeness (QED) is 0.832. The summed E-state index contributed by atoms with van der Waals surface area (Å²) in [5.41, 5.74) is 2.42. The molecule has 1 amide bonds. The molecular weight excluding hydrogens is 308 g/mol. The number of carbonyl (C=O) groups excluding carboxylic acids is 1. The van der Waals surface area contributed by atoms with Crippen molar-refractivity contribution in [1.82, 2.24) is 10.6 Å². The highest BCUT2D eigenvalue weighted by Gasteiger charge is 2.18. The molecule has 2 N–H and O–H groups in total.